The molecule has 0 radical (unpaired) electrons. The third-order valence-electron chi connectivity index (χ3n) is 2.34. The summed E-state index contributed by atoms with van der Waals surface area (Å²) in [7, 11) is -2.71. The second kappa shape index (κ2) is 5.16. The summed E-state index contributed by atoms with van der Waals surface area (Å²) < 4.78 is 27.2. The first-order valence-corrected chi connectivity index (χ1v) is 6.43. The summed E-state index contributed by atoms with van der Waals surface area (Å²) in [4.78, 5) is 11.4. The van der Waals surface area contributed by atoms with Crippen LogP contribution in [0.4, 0.5) is 0 Å². The largest absolute Gasteiger partial charge is 0.465 e. The molecule has 0 aromatic heterocycles. The maximum Gasteiger partial charge on any atom is 0.338 e. The zero-order chi connectivity index (χ0) is 13.9. The summed E-state index contributed by atoms with van der Waals surface area (Å²) in [5.74, 6) is -0.668. The molecule has 0 aliphatic rings. The predicted octanol–water partition coefficient (Wildman–Crippen LogP) is 1.41. The molecule has 0 saturated heterocycles. The van der Waals surface area contributed by atoms with Crippen molar-refractivity contribution in [3.63, 3.8) is 0 Å². The molecular weight excluding hydrogens is 254 g/mol. The highest BCUT2D eigenvalue weighted by molar-refractivity contribution is 7.89. The molecule has 1 rings (SSSR count). The molecule has 0 saturated carbocycles. The highest BCUT2D eigenvalue weighted by Crippen LogP contribution is 2.23. The Balaban J connectivity index is 3.71. The van der Waals surface area contributed by atoms with Crippen molar-refractivity contribution in [1.82, 2.24) is 0 Å². The number of hydrogen-bond donors (Lipinski definition) is 1. The topological polar surface area (TPSA) is 86.5 Å². The first-order valence-electron chi connectivity index (χ1n) is 4.89. The Morgan fingerprint density at radius 3 is 2.33 bits per heavy atom. The van der Waals surface area contributed by atoms with Gasteiger partial charge in [0.05, 0.1) is 17.6 Å². The number of hydrogen-bond acceptors (Lipinski definition) is 4. The Hall–Kier alpha value is -1.92. The Bertz CT molecular complexity index is 617. The van der Waals surface area contributed by atoms with E-state index in [0.717, 1.165) is 6.07 Å². The van der Waals surface area contributed by atoms with Gasteiger partial charge in [-0.3, -0.25) is 0 Å². The smallest absolute Gasteiger partial charge is 0.338 e. The summed E-state index contributed by atoms with van der Waals surface area (Å²) >= 11 is 0. The van der Waals surface area contributed by atoms with E-state index in [1.54, 1.807) is 0 Å². The SMILES string of the molecule is C=Cc1cc(S(N)(=O)=O)cc(C(=O)OC)c1C=C. The lowest BCUT2D eigenvalue weighted by molar-refractivity contribution is 0.0600. The highest BCUT2D eigenvalue weighted by atomic mass is 32.2. The molecule has 5 nitrogen and oxygen atoms in total. The van der Waals surface area contributed by atoms with E-state index in [1.165, 1.54) is 25.3 Å². The summed E-state index contributed by atoms with van der Waals surface area (Å²) in [6.07, 6.45) is 2.84. The van der Waals surface area contributed by atoms with Gasteiger partial charge in [0.2, 0.25) is 10.0 Å². The van der Waals surface area contributed by atoms with Crippen LogP contribution < -0.4 is 5.14 Å². The molecule has 6 heteroatoms. The lowest BCUT2D eigenvalue weighted by Gasteiger charge is -2.10. The molecule has 0 atom stereocenters. The Morgan fingerprint density at radius 2 is 1.94 bits per heavy atom. The fourth-order valence-corrected chi connectivity index (χ4v) is 2.06. The summed E-state index contributed by atoms with van der Waals surface area (Å²) in [6.45, 7) is 7.13. The van der Waals surface area contributed by atoms with Gasteiger partial charge in [0.25, 0.3) is 0 Å². The number of carbonyl (C=O) groups is 1. The lowest BCUT2D eigenvalue weighted by atomic mass is 10.0. The van der Waals surface area contributed by atoms with E-state index in [-0.39, 0.29) is 10.5 Å². The van der Waals surface area contributed by atoms with E-state index in [2.05, 4.69) is 17.9 Å². The van der Waals surface area contributed by atoms with Crippen molar-refractivity contribution in [3.8, 4) is 0 Å². The van der Waals surface area contributed by atoms with E-state index in [1.807, 2.05) is 0 Å². The van der Waals surface area contributed by atoms with E-state index in [0.29, 0.717) is 11.1 Å². The second-order valence-corrected chi connectivity index (χ2v) is 4.98. The molecule has 2 N–H and O–H groups in total. The maximum atomic E-state index is 11.6. The molecule has 0 heterocycles. The van der Waals surface area contributed by atoms with Gasteiger partial charge in [-0.1, -0.05) is 25.3 Å². The standard InChI is InChI=1S/C12H13NO4S/c1-4-8-6-9(18(13,15)16)7-11(10(8)5-2)12(14)17-3/h4-7H,1-2H2,3H3,(H2,13,15,16). The minimum absolute atomic E-state index is 0.0777. The lowest BCUT2D eigenvalue weighted by Crippen LogP contribution is -2.15. The molecule has 0 amide bonds. The average Bonchev–Trinajstić information content (AvgIpc) is 2.34. The summed E-state index contributed by atoms with van der Waals surface area (Å²) in [5, 5.41) is 5.04. The minimum atomic E-state index is -3.91. The number of rotatable bonds is 4. The molecule has 1 aromatic carbocycles. The van der Waals surface area contributed by atoms with Crippen LogP contribution in [0.2, 0.25) is 0 Å². The number of benzene rings is 1. The Labute approximate surface area is 106 Å². The monoisotopic (exact) mass is 267 g/mol. The van der Waals surface area contributed by atoms with Gasteiger partial charge in [-0.05, 0) is 23.3 Å². The number of methoxy groups -OCH3 is 1. The molecule has 0 fully saturated rings. The van der Waals surface area contributed by atoms with E-state index < -0.39 is 16.0 Å². The number of sulfonamides is 1. The van der Waals surface area contributed by atoms with Crippen molar-refractivity contribution in [3.05, 3.63) is 42.0 Å². The third-order valence-corrected chi connectivity index (χ3v) is 3.24. The van der Waals surface area contributed by atoms with Gasteiger partial charge in [0.15, 0.2) is 0 Å². The normalized spacial score (nSPS) is 10.8. The van der Waals surface area contributed by atoms with E-state index >= 15 is 0 Å². The van der Waals surface area contributed by atoms with Gasteiger partial charge < -0.3 is 4.74 Å². The highest BCUT2D eigenvalue weighted by Gasteiger charge is 2.18. The zero-order valence-electron chi connectivity index (χ0n) is 9.84. The number of carbonyl (C=O) groups excluding carboxylic acids is 1. The van der Waals surface area contributed by atoms with Crippen molar-refractivity contribution in [2.75, 3.05) is 7.11 Å². The minimum Gasteiger partial charge on any atom is -0.465 e. The molecule has 0 bridgehead atoms. The van der Waals surface area contributed by atoms with Crippen LogP contribution in [0.3, 0.4) is 0 Å². The molecule has 18 heavy (non-hydrogen) atoms. The van der Waals surface area contributed by atoms with Crippen LogP contribution in [0.25, 0.3) is 12.2 Å². The van der Waals surface area contributed by atoms with Crippen LogP contribution >= 0.6 is 0 Å². The van der Waals surface area contributed by atoms with Crippen LogP contribution in [0.1, 0.15) is 21.5 Å². The van der Waals surface area contributed by atoms with Crippen molar-refractivity contribution in [2.45, 2.75) is 4.90 Å². The maximum absolute atomic E-state index is 11.6. The summed E-state index contributed by atoms with van der Waals surface area (Å²) in [6, 6.07) is 2.48. The number of esters is 1. The predicted molar refractivity (Wildman–Crippen MR) is 69.3 cm³/mol. The molecule has 1 aromatic rings. The number of primary sulfonamides is 1. The Morgan fingerprint density at radius 1 is 1.33 bits per heavy atom. The van der Waals surface area contributed by atoms with Crippen LogP contribution in [-0.2, 0) is 14.8 Å². The van der Waals surface area contributed by atoms with Gasteiger partial charge in [-0.25, -0.2) is 18.4 Å². The zero-order valence-corrected chi connectivity index (χ0v) is 10.7. The number of ether oxygens (including phenoxy) is 1. The third kappa shape index (κ3) is 2.66. The van der Waals surface area contributed by atoms with Crippen LogP contribution in [0.15, 0.2) is 30.2 Å². The van der Waals surface area contributed by atoms with Gasteiger partial charge in [-0.15, -0.1) is 0 Å². The average molecular weight is 267 g/mol. The summed E-state index contributed by atoms with van der Waals surface area (Å²) in [5.41, 5.74) is 0.968. The second-order valence-electron chi connectivity index (χ2n) is 3.42. The van der Waals surface area contributed by atoms with Crippen molar-refractivity contribution in [2.24, 2.45) is 5.14 Å². The molecule has 0 unspecified atom stereocenters. The van der Waals surface area contributed by atoms with Crippen molar-refractivity contribution in [1.29, 1.82) is 0 Å². The fourth-order valence-electron chi connectivity index (χ4n) is 1.49. The van der Waals surface area contributed by atoms with Gasteiger partial charge in [0.1, 0.15) is 0 Å². The fraction of sp³-hybridized carbons (Fsp3) is 0.0833. The first-order chi connectivity index (χ1) is 8.35. The van der Waals surface area contributed by atoms with Crippen molar-refractivity contribution < 1.29 is 17.9 Å². The van der Waals surface area contributed by atoms with Crippen LogP contribution in [-0.4, -0.2) is 21.5 Å². The van der Waals surface area contributed by atoms with E-state index in [9.17, 15) is 13.2 Å². The quantitative estimate of drug-likeness (QED) is 0.835. The molecule has 0 aliphatic carbocycles. The first kappa shape index (κ1) is 14.1. The van der Waals surface area contributed by atoms with Crippen LogP contribution in [0, 0.1) is 0 Å². The van der Waals surface area contributed by atoms with Gasteiger partial charge in [0, 0.05) is 0 Å². The molecular formula is C12H13NO4S. The van der Waals surface area contributed by atoms with E-state index in [4.69, 9.17) is 5.14 Å². The molecule has 0 spiro atoms. The van der Waals surface area contributed by atoms with Gasteiger partial charge in [-0.2, -0.15) is 0 Å². The Kier molecular flexibility index (Phi) is 4.05. The van der Waals surface area contributed by atoms with Crippen LogP contribution in [0.5, 0.6) is 0 Å². The molecule has 0 aliphatic heterocycles. The van der Waals surface area contributed by atoms with Crippen molar-refractivity contribution >= 4 is 28.1 Å². The number of nitrogens with two attached hydrogens (primary N) is 1. The molecule has 96 valence electrons. The van der Waals surface area contributed by atoms with Gasteiger partial charge >= 0.3 is 5.97 Å².